The molecule has 0 fully saturated rings. The smallest absolute Gasteiger partial charge is 0.242 e. The van der Waals surface area contributed by atoms with Crippen molar-refractivity contribution in [1.82, 2.24) is 25.3 Å². The maximum atomic E-state index is 12.6. The standard InChI is InChI=1S/C24H30N6O.HI/c1-3-29(19-21-8-5-4-6-9-21)23(31)18-27-24(25-2)26-16-14-20-10-12-22(13-11-20)30-17-7-15-28-30;/h4-13,15,17H,3,14,16,18-19H2,1-2H3,(H2,25,26,27);1H. The van der Waals surface area contributed by atoms with Crippen LogP contribution < -0.4 is 10.6 Å². The van der Waals surface area contributed by atoms with E-state index in [1.54, 1.807) is 13.2 Å². The summed E-state index contributed by atoms with van der Waals surface area (Å²) in [7, 11) is 1.71. The molecule has 1 amide bonds. The van der Waals surface area contributed by atoms with Gasteiger partial charge in [0.1, 0.15) is 0 Å². The van der Waals surface area contributed by atoms with Crippen LogP contribution in [0, 0.1) is 0 Å². The van der Waals surface area contributed by atoms with Gasteiger partial charge in [0, 0.05) is 39.1 Å². The maximum Gasteiger partial charge on any atom is 0.242 e. The molecular weight excluding hydrogens is 515 g/mol. The largest absolute Gasteiger partial charge is 0.356 e. The lowest BCUT2D eigenvalue weighted by Crippen LogP contribution is -2.44. The first-order valence-electron chi connectivity index (χ1n) is 10.5. The molecule has 3 rings (SSSR count). The summed E-state index contributed by atoms with van der Waals surface area (Å²) < 4.78 is 1.84. The summed E-state index contributed by atoms with van der Waals surface area (Å²) in [6.45, 7) is 4.19. The van der Waals surface area contributed by atoms with Crippen molar-refractivity contribution < 1.29 is 4.79 Å². The zero-order chi connectivity index (χ0) is 21.9. The van der Waals surface area contributed by atoms with Crippen LogP contribution in [0.5, 0.6) is 0 Å². The molecule has 0 unspecified atom stereocenters. The molecule has 0 spiro atoms. The van der Waals surface area contributed by atoms with Crippen LogP contribution in [0.1, 0.15) is 18.1 Å². The Kier molecular flexibility index (Phi) is 10.7. The molecule has 0 bridgehead atoms. The molecule has 3 aromatic rings. The molecule has 2 N–H and O–H groups in total. The molecule has 32 heavy (non-hydrogen) atoms. The predicted octanol–water partition coefficient (Wildman–Crippen LogP) is 3.25. The van der Waals surface area contributed by atoms with E-state index in [0.29, 0.717) is 19.0 Å². The van der Waals surface area contributed by atoms with Crippen molar-refractivity contribution in [3.05, 3.63) is 84.2 Å². The van der Waals surface area contributed by atoms with E-state index in [0.717, 1.165) is 24.2 Å². The Balaban J connectivity index is 0.00000363. The van der Waals surface area contributed by atoms with Crippen LogP contribution in [-0.4, -0.2) is 53.2 Å². The summed E-state index contributed by atoms with van der Waals surface area (Å²) in [5.74, 6) is 0.667. The highest BCUT2D eigenvalue weighted by atomic mass is 127. The van der Waals surface area contributed by atoms with Gasteiger partial charge in [-0.25, -0.2) is 4.68 Å². The zero-order valence-corrected chi connectivity index (χ0v) is 20.9. The quantitative estimate of drug-likeness (QED) is 0.246. The van der Waals surface area contributed by atoms with E-state index in [1.165, 1.54) is 5.56 Å². The number of aliphatic imine (C=N–C) groups is 1. The van der Waals surface area contributed by atoms with E-state index in [-0.39, 0.29) is 36.4 Å². The van der Waals surface area contributed by atoms with Crippen LogP contribution >= 0.6 is 24.0 Å². The molecule has 0 aliphatic carbocycles. The molecule has 0 radical (unpaired) electrons. The van der Waals surface area contributed by atoms with Crippen LogP contribution in [0.15, 0.2) is 78.0 Å². The van der Waals surface area contributed by atoms with E-state index < -0.39 is 0 Å². The summed E-state index contributed by atoms with van der Waals surface area (Å²) in [5, 5.41) is 10.6. The fraction of sp³-hybridized carbons (Fsp3) is 0.292. The van der Waals surface area contributed by atoms with Gasteiger partial charge < -0.3 is 15.5 Å². The van der Waals surface area contributed by atoms with Gasteiger partial charge in [0.15, 0.2) is 5.96 Å². The molecule has 1 aromatic heterocycles. The van der Waals surface area contributed by atoms with Crippen molar-refractivity contribution >= 4 is 35.8 Å². The molecular formula is C24H31IN6O. The molecule has 0 saturated carbocycles. The molecule has 170 valence electrons. The fourth-order valence-electron chi connectivity index (χ4n) is 3.23. The summed E-state index contributed by atoms with van der Waals surface area (Å²) in [4.78, 5) is 18.6. The Labute approximate surface area is 206 Å². The zero-order valence-electron chi connectivity index (χ0n) is 18.6. The molecule has 2 aromatic carbocycles. The average Bonchev–Trinajstić information content (AvgIpc) is 3.35. The summed E-state index contributed by atoms with van der Waals surface area (Å²) in [5.41, 5.74) is 3.38. The number of amides is 1. The van der Waals surface area contributed by atoms with Crippen molar-refractivity contribution in [2.45, 2.75) is 19.9 Å². The highest BCUT2D eigenvalue weighted by Gasteiger charge is 2.12. The Morgan fingerprint density at radius 2 is 1.78 bits per heavy atom. The number of benzene rings is 2. The number of aromatic nitrogens is 2. The highest BCUT2D eigenvalue weighted by molar-refractivity contribution is 14.0. The van der Waals surface area contributed by atoms with Gasteiger partial charge in [-0.15, -0.1) is 24.0 Å². The number of likely N-dealkylation sites (N-methyl/N-ethyl adjacent to an activating group) is 1. The second kappa shape index (κ2) is 13.5. The number of carbonyl (C=O) groups excluding carboxylic acids is 1. The first-order valence-corrected chi connectivity index (χ1v) is 10.5. The lowest BCUT2D eigenvalue weighted by Gasteiger charge is -2.22. The van der Waals surface area contributed by atoms with Crippen LogP contribution in [0.3, 0.4) is 0 Å². The van der Waals surface area contributed by atoms with Crippen molar-refractivity contribution in [2.75, 3.05) is 26.7 Å². The normalized spacial score (nSPS) is 10.9. The lowest BCUT2D eigenvalue weighted by molar-refractivity contribution is -0.130. The number of carbonyl (C=O) groups is 1. The second-order valence-corrected chi connectivity index (χ2v) is 7.11. The SMILES string of the molecule is CCN(Cc1ccccc1)C(=O)CNC(=NC)NCCc1ccc(-n2cccn2)cc1.I. The number of guanidine groups is 1. The Morgan fingerprint density at radius 1 is 1.03 bits per heavy atom. The maximum absolute atomic E-state index is 12.6. The Hall–Kier alpha value is -2.88. The van der Waals surface area contributed by atoms with Crippen LogP contribution in [-0.2, 0) is 17.8 Å². The predicted molar refractivity (Wildman–Crippen MR) is 140 cm³/mol. The Bertz CT molecular complexity index is 958. The first-order chi connectivity index (χ1) is 15.2. The number of nitrogens with one attached hydrogen (secondary N) is 2. The van der Waals surface area contributed by atoms with Gasteiger partial charge in [0.05, 0.1) is 12.2 Å². The minimum Gasteiger partial charge on any atom is -0.356 e. The van der Waals surface area contributed by atoms with Crippen LogP contribution in [0.2, 0.25) is 0 Å². The number of rotatable bonds is 9. The van der Waals surface area contributed by atoms with Gasteiger partial charge in [0.25, 0.3) is 0 Å². The number of halogens is 1. The third kappa shape index (κ3) is 7.67. The third-order valence-corrected chi connectivity index (χ3v) is 4.99. The fourth-order valence-corrected chi connectivity index (χ4v) is 3.23. The molecule has 1 heterocycles. The van der Waals surface area contributed by atoms with E-state index in [2.05, 4.69) is 45.0 Å². The molecule has 0 atom stereocenters. The molecule has 0 aliphatic heterocycles. The van der Waals surface area contributed by atoms with Crippen LogP contribution in [0.25, 0.3) is 5.69 Å². The lowest BCUT2D eigenvalue weighted by atomic mass is 10.1. The average molecular weight is 546 g/mol. The number of nitrogens with zero attached hydrogens (tertiary/aromatic N) is 4. The molecule has 0 saturated heterocycles. The van der Waals surface area contributed by atoms with E-state index >= 15 is 0 Å². The van der Waals surface area contributed by atoms with Crippen molar-refractivity contribution in [3.8, 4) is 5.69 Å². The monoisotopic (exact) mass is 546 g/mol. The Morgan fingerprint density at radius 3 is 2.41 bits per heavy atom. The molecule has 8 heteroatoms. The topological polar surface area (TPSA) is 74.6 Å². The number of hydrogen-bond acceptors (Lipinski definition) is 3. The van der Waals surface area contributed by atoms with Gasteiger partial charge in [-0.2, -0.15) is 5.10 Å². The summed E-state index contributed by atoms with van der Waals surface area (Å²) in [6.07, 6.45) is 4.54. The van der Waals surface area contributed by atoms with Gasteiger partial charge in [-0.1, -0.05) is 42.5 Å². The molecule has 0 aliphatic rings. The van der Waals surface area contributed by atoms with E-state index in [4.69, 9.17) is 0 Å². The number of hydrogen-bond donors (Lipinski definition) is 2. The summed E-state index contributed by atoms with van der Waals surface area (Å²) in [6, 6.07) is 20.2. The van der Waals surface area contributed by atoms with Gasteiger partial charge in [-0.05, 0) is 42.7 Å². The minimum atomic E-state index is 0. The first kappa shape index (κ1) is 25.4. The van der Waals surface area contributed by atoms with Gasteiger partial charge >= 0.3 is 0 Å². The van der Waals surface area contributed by atoms with Crippen LogP contribution in [0.4, 0.5) is 0 Å². The van der Waals surface area contributed by atoms with E-state index in [9.17, 15) is 4.79 Å². The minimum absolute atomic E-state index is 0. The molecule has 7 nitrogen and oxygen atoms in total. The van der Waals surface area contributed by atoms with Crippen molar-refractivity contribution in [1.29, 1.82) is 0 Å². The summed E-state index contributed by atoms with van der Waals surface area (Å²) >= 11 is 0. The van der Waals surface area contributed by atoms with Gasteiger partial charge in [0.2, 0.25) is 5.91 Å². The third-order valence-electron chi connectivity index (χ3n) is 4.99. The van der Waals surface area contributed by atoms with Gasteiger partial charge in [-0.3, -0.25) is 9.79 Å². The van der Waals surface area contributed by atoms with E-state index in [1.807, 2.05) is 59.1 Å². The van der Waals surface area contributed by atoms with Crippen molar-refractivity contribution in [3.63, 3.8) is 0 Å². The van der Waals surface area contributed by atoms with Crippen molar-refractivity contribution in [2.24, 2.45) is 4.99 Å². The highest BCUT2D eigenvalue weighted by Crippen LogP contribution is 2.09. The second-order valence-electron chi connectivity index (χ2n) is 7.11.